The van der Waals surface area contributed by atoms with Crippen LogP contribution < -0.4 is 20.3 Å². The molecule has 2 rings (SSSR count). The van der Waals surface area contributed by atoms with Crippen molar-refractivity contribution in [2.45, 2.75) is 0 Å². The second-order valence-electron chi connectivity index (χ2n) is 4.33. The van der Waals surface area contributed by atoms with Gasteiger partial charge in [0.05, 0.1) is 23.2 Å². The topological polar surface area (TPSA) is 131 Å². The Hall–Kier alpha value is -3.42. The molecule has 8 heteroatoms. The molecule has 0 saturated carbocycles. The number of anilines is 1. The Morgan fingerprint density at radius 3 is 2.39 bits per heavy atom. The number of rotatable bonds is 6. The Bertz CT molecular complexity index is 742. The number of carbonyl (C=O) groups excluding carboxylic acids is 3. The Morgan fingerprint density at radius 1 is 1.09 bits per heavy atom. The molecule has 1 aromatic carbocycles. The number of hydrogen-bond acceptors (Lipinski definition) is 7. The van der Waals surface area contributed by atoms with Crippen molar-refractivity contribution in [1.82, 2.24) is 4.98 Å². The highest BCUT2D eigenvalue weighted by Crippen LogP contribution is 2.17. The van der Waals surface area contributed by atoms with Crippen LogP contribution in [-0.2, 0) is 4.79 Å². The number of carbonyl (C=O) groups is 3. The zero-order valence-corrected chi connectivity index (χ0v) is 11.6. The molecular weight excluding hydrogens is 304 g/mol. The molecule has 1 amide bonds. The second kappa shape index (κ2) is 7.03. The highest BCUT2D eigenvalue weighted by Gasteiger charge is 2.13. The number of amides is 1. The standard InChI is InChI=1S/C15H12N2O6/c18-12(19)8-23-10-5-3-9(4-6-10)17-14(20)11-2-1-7-16-13(11)15(21)22/h1-7H,8H2,(H,17,20)(H,18,19)(H,21,22)/p-2. The molecular formula is C15H10N2O6-2. The molecule has 2 aromatic rings. The van der Waals surface area contributed by atoms with Crippen LogP contribution in [0.3, 0.4) is 0 Å². The smallest absolute Gasteiger partial charge is 0.257 e. The van der Waals surface area contributed by atoms with Crippen LogP contribution in [0.2, 0.25) is 0 Å². The summed E-state index contributed by atoms with van der Waals surface area (Å²) in [5.74, 6) is -3.29. The van der Waals surface area contributed by atoms with Crippen molar-refractivity contribution >= 4 is 23.5 Å². The molecule has 0 spiro atoms. The summed E-state index contributed by atoms with van der Waals surface area (Å²) in [5.41, 5.74) is -0.229. The van der Waals surface area contributed by atoms with E-state index in [9.17, 15) is 24.6 Å². The number of benzene rings is 1. The summed E-state index contributed by atoms with van der Waals surface area (Å²) in [4.78, 5) is 36.9. The quantitative estimate of drug-likeness (QED) is 0.710. The van der Waals surface area contributed by atoms with Crippen LogP contribution in [0.5, 0.6) is 5.75 Å². The summed E-state index contributed by atoms with van der Waals surface area (Å²) in [7, 11) is 0. The lowest BCUT2D eigenvalue weighted by Crippen LogP contribution is -2.28. The first kappa shape index (κ1) is 16.0. The van der Waals surface area contributed by atoms with Crippen LogP contribution in [0.4, 0.5) is 5.69 Å². The fourth-order valence-electron chi connectivity index (χ4n) is 1.73. The highest BCUT2D eigenvalue weighted by molar-refractivity contribution is 6.09. The summed E-state index contributed by atoms with van der Waals surface area (Å²) < 4.78 is 4.89. The fourth-order valence-corrected chi connectivity index (χ4v) is 1.73. The van der Waals surface area contributed by atoms with Gasteiger partial charge in [0, 0.05) is 11.9 Å². The third kappa shape index (κ3) is 4.27. The maximum atomic E-state index is 12.1. The molecule has 0 aliphatic rings. The van der Waals surface area contributed by atoms with E-state index in [4.69, 9.17) is 4.74 Å². The molecule has 8 nitrogen and oxygen atoms in total. The minimum Gasteiger partial charge on any atom is -0.546 e. The second-order valence-corrected chi connectivity index (χ2v) is 4.33. The van der Waals surface area contributed by atoms with Crippen molar-refractivity contribution < 1.29 is 29.3 Å². The van der Waals surface area contributed by atoms with Gasteiger partial charge in [0.2, 0.25) is 0 Å². The Morgan fingerprint density at radius 2 is 1.78 bits per heavy atom. The normalized spacial score (nSPS) is 9.91. The molecule has 0 aliphatic heterocycles. The molecule has 0 radical (unpaired) electrons. The van der Waals surface area contributed by atoms with Crippen LogP contribution in [0.25, 0.3) is 0 Å². The number of carboxylic acid groups (broad SMARTS) is 2. The molecule has 0 unspecified atom stereocenters. The van der Waals surface area contributed by atoms with Crippen LogP contribution in [0.15, 0.2) is 42.6 Å². The summed E-state index contributed by atoms with van der Waals surface area (Å²) >= 11 is 0. The van der Waals surface area contributed by atoms with Gasteiger partial charge in [-0.15, -0.1) is 0 Å². The van der Waals surface area contributed by atoms with Crippen molar-refractivity contribution in [3.05, 3.63) is 53.9 Å². The molecule has 0 bridgehead atoms. The van der Waals surface area contributed by atoms with E-state index in [0.29, 0.717) is 5.69 Å². The number of hydrogen-bond donors (Lipinski definition) is 1. The van der Waals surface area contributed by atoms with E-state index in [1.54, 1.807) is 0 Å². The predicted molar refractivity (Wildman–Crippen MR) is 73.5 cm³/mol. The molecule has 0 aliphatic carbocycles. The van der Waals surface area contributed by atoms with Crippen LogP contribution >= 0.6 is 0 Å². The summed E-state index contributed by atoms with van der Waals surface area (Å²) in [6, 6.07) is 8.57. The number of nitrogens with zero attached hydrogens (tertiary/aromatic N) is 1. The minimum atomic E-state index is -1.55. The van der Waals surface area contributed by atoms with Crippen LogP contribution in [0.1, 0.15) is 20.8 Å². The zero-order chi connectivity index (χ0) is 16.8. The molecule has 1 heterocycles. The van der Waals surface area contributed by atoms with E-state index < -0.39 is 30.1 Å². The van der Waals surface area contributed by atoms with E-state index in [0.717, 1.165) is 0 Å². The number of ether oxygens (including phenoxy) is 1. The van der Waals surface area contributed by atoms with Crippen molar-refractivity contribution in [2.75, 3.05) is 11.9 Å². The van der Waals surface area contributed by atoms with Gasteiger partial charge in [0.1, 0.15) is 12.4 Å². The van der Waals surface area contributed by atoms with E-state index in [2.05, 4.69) is 10.3 Å². The zero-order valence-electron chi connectivity index (χ0n) is 11.6. The third-order valence-electron chi connectivity index (χ3n) is 2.71. The average Bonchev–Trinajstić information content (AvgIpc) is 2.54. The van der Waals surface area contributed by atoms with Crippen LogP contribution in [-0.4, -0.2) is 29.4 Å². The van der Waals surface area contributed by atoms with Crippen molar-refractivity contribution in [3.8, 4) is 5.75 Å². The summed E-state index contributed by atoms with van der Waals surface area (Å²) in [5, 5.41) is 23.7. The first-order valence-corrected chi connectivity index (χ1v) is 6.38. The van der Waals surface area contributed by atoms with E-state index in [1.165, 1.54) is 42.6 Å². The molecule has 1 N–H and O–H groups in total. The minimum absolute atomic E-state index is 0.134. The van der Waals surface area contributed by atoms with Crippen molar-refractivity contribution in [2.24, 2.45) is 0 Å². The molecule has 118 valence electrons. The molecule has 0 fully saturated rings. The van der Waals surface area contributed by atoms with Crippen molar-refractivity contribution in [3.63, 3.8) is 0 Å². The summed E-state index contributed by atoms with van der Waals surface area (Å²) in [6.45, 7) is -0.587. The Balaban J connectivity index is 2.09. The number of carboxylic acids is 2. The third-order valence-corrected chi connectivity index (χ3v) is 2.71. The number of nitrogens with one attached hydrogen (secondary N) is 1. The largest absolute Gasteiger partial charge is 0.546 e. The molecule has 0 saturated heterocycles. The first-order valence-electron chi connectivity index (χ1n) is 6.38. The van der Waals surface area contributed by atoms with Gasteiger partial charge in [-0.25, -0.2) is 0 Å². The van der Waals surface area contributed by atoms with Gasteiger partial charge in [-0.2, -0.15) is 0 Å². The molecule has 0 atom stereocenters. The number of pyridine rings is 1. The lowest BCUT2D eigenvalue weighted by atomic mass is 10.1. The van der Waals surface area contributed by atoms with Gasteiger partial charge in [0.15, 0.2) is 0 Å². The SMILES string of the molecule is O=C([O-])COc1ccc(NC(=O)c2cccnc2C(=O)[O-])cc1. The maximum absolute atomic E-state index is 12.1. The molecule has 23 heavy (non-hydrogen) atoms. The van der Waals surface area contributed by atoms with Gasteiger partial charge < -0.3 is 29.9 Å². The number of aromatic nitrogens is 1. The Labute approximate surface area is 130 Å². The monoisotopic (exact) mass is 314 g/mol. The lowest BCUT2D eigenvalue weighted by molar-refractivity contribution is -0.307. The predicted octanol–water partition coefficient (Wildman–Crippen LogP) is -1.17. The lowest BCUT2D eigenvalue weighted by Gasteiger charge is -2.11. The van der Waals surface area contributed by atoms with E-state index >= 15 is 0 Å². The first-order chi connectivity index (χ1) is 11.0. The van der Waals surface area contributed by atoms with Gasteiger partial charge >= 0.3 is 0 Å². The van der Waals surface area contributed by atoms with E-state index in [1.807, 2.05) is 0 Å². The van der Waals surface area contributed by atoms with E-state index in [-0.39, 0.29) is 11.3 Å². The fraction of sp³-hybridized carbons (Fsp3) is 0.0667. The van der Waals surface area contributed by atoms with Crippen LogP contribution in [0, 0.1) is 0 Å². The number of aliphatic carboxylic acids is 1. The highest BCUT2D eigenvalue weighted by atomic mass is 16.5. The van der Waals surface area contributed by atoms with Gasteiger partial charge in [-0.05, 0) is 36.4 Å². The maximum Gasteiger partial charge on any atom is 0.257 e. The van der Waals surface area contributed by atoms with Gasteiger partial charge in [-0.3, -0.25) is 9.78 Å². The van der Waals surface area contributed by atoms with Gasteiger partial charge in [-0.1, -0.05) is 0 Å². The summed E-state index contributed by atoms with van der Waals surface area (Å²) in [6.07, 6.45) is 1.24. The Kier molecular flexibility index (Phi) is 4.88. The van der Waals surface area contributed by atoms with Gasteiger partial charge in [0.25, 0.3) is 5.91 Å². The number of aromatic carboxylic acids is 1. The van der Waals surface area contributed by atoms with Crippen molar-refractivity contribution in [1.29, 1.82) is 0 Å². The average molecular weight is 314 g/mol. The molecule has 1 aromatic heterocycles.